The molecule has 1 aliphatic heterocycles. The number of nitrogen functional groups attached to an aromatic ring is 1. The fourth-order valence-corrected chi connectivity index (χ4v) is 4.27. The van der Waals surface area contributed by atoms with Gasteiger partial charge in [0, 0.05) is 23.2 Å². The van der Waals surface area contributed by atoms with Crippen LogP contribution in [0.3, 0.4) is 0 Å². The Balaban J connectivity index is 1.94. The quantitative estimate of drug-likeness (QED) is 0.893. The van der Waals surface area contributed by atoms with Crippen LogP contribution in [0.2, 0.25) is 5.02 Å². The molecule has 2 aromatic rings. The molecule has 21 heavy (non-hydrogen) atoms. The van der Waals surface area contributed by atoms with Crippen LogP contribution in [-0.4, -0.2) is 37.0 Å². The monoisotopic (exact) mass is 323 g/mol. The van der Waals surface area contributed by atoms with Gasteiger partial charge in [0.2, 0.25) is 0 Å². The molecular weight excluding hydrogens is 306 g/mol. The molecule has 0 bridgehead atoms. The average molecular weight is 324 g/mol. The summed E-state index contributed by atoms with van der Waals surface area (Å²) < 4.78 is 0.960. The maximum absolute atomic E-state index is 12.7. The van der Waals surface area contributed by atoms with Crippen molar-refractivity contribution in [2.75, 3.05) is 25.9 Å². The van der Waals surface area contributed by atoms with Crippen molar-refractivity contribution in [3.63, 3.8) is 0 Å². The van der Waals surface area contributed by atoms with Gasteiger partial charge in [0.1, 0.15) is 4.88 Å². The molecule has 2 heterocycles. The minimum atomic E-state index is -0.00309. The summed E-state index contributed by atoms with van der Waals surface area (Å²) in [5.41, 5.74) is 6.68. The third kappa shape index (κ3) is 2.61. The molecule has 0 unspecified atom stereocenters. The SMILES string of the molecule is CN(C(=O)c1sc2cccc(Cl)c2c1N)C1CCNCC1. The summed E-state index contributed by atoms with van der Waals surface area (Å²) in [5.74, 6) is -0.00309. The maximum atomic E-state index is 12.7. The van der Waals surface area contributed by atoms with Crippen LogP contribution in [0.4, 0.5) is 5.69 Å². The first-order chi connectivity index (χ1) is 10.1. The van der Waals surface area contributed by atoms with Crippen molar-refractivity contribution in [3.05, 3.63) is 28.1 Å². The Bertz CT molecular complexity index is 679. The molecule has 3 rings (SSSR count). The maximum Gasteiger partial charge on any atom is 0.266 e. The van der Waals surface area contributed by atoms with Crippen molar-refractivity contribution in [3.8, 4) is 0 Å². The number of nitrogens with two attached hydrogens (primary N) is 1. The van der Waals surface area contributed by atoms with E-state index in [4.69, 9.17) is 17.3 Å². The smallest absolute Gasteiger partial charge is 0.266 e. The van der Waals surface area contributed by atoms with Crippen LogP contribution in [0.5, 0.6) is 0 Å². The predicted molar refractivity (Wildman–Crippen MR) is 89.2 cm³/mol. The van der Waals surface area contributed by atoms with Gasteiger partial charge in [-0.15, -0.1) is 11.3 Å². The van der Waals surface area contributed by atoms with Gasteiger partial charge in [-0.1, -0.05) is 17.7 Å². The van der Waals surface area contributed by atoms with Gasteiger partial charge in [0.05, 0.1) is 10.7 Å². The number of halogens is 1. The van der Waals surface area contributed by atoms with Gasteiger partial charge in [-0.05, 0) is 38.1 Å². The second kappa shape index (κ2) is 5.83. The van der Waals surface area contributed by atoms with E-state index in [9.17, 15) is 4.79 Å². The Morgan fingerprint density at radius 3 is 2.81 bits per heavy atom. The molecule has 1 aliphatic rings. The summed E-state index contributed by atoms with van der Waals surface area (Å²) in [6.45, 7) is 1.91. The fourth-order valence-electron chi connectivity index (χ4n) is 2.81. The van der Waals surface area contributed by atoms with E-state index in [2.05, 4.69) is 5.32 Å². The summed E-state index contributed by atoms with van der Waals surface area (Å²) in [5, 5.41) is 4.71. The first-order valence-corrected chi connectivity index (χ1v) is 8.23. The van der Waals surface area contributed by atoms with E-state index >= 15 is 0 Å². The topological polar surface area (TPSA) is 58.4 Å². The number of nitrogens with zero attached hydrogens (tertiary/aromatic N) is 1. The Hall–Kier alpha value is -1.30. The second-order valence-electron chi connectivity index (χ2n) is 5.36. The molecule has 1 saturated heterocycles. The minimum absolute atomic E-state index is 0.00309. The number of hydrogen-bond acceptors (Lipinski definition) is 4. The summed E-state index contributed by atoms with van der Waals surface area (Å²) >= 11 is 7.62. The average Bonchev–Trinajstić information content (AvgIpc) is 2.85. The van der Waals surface area contributed by atoms with Crippen LogP contribution in [0, 0.1) is 0 Å². The number of carbonyl (C=O) groups excluding carboxylic acids is 1. The highest BCUT2D eigenvalue weighted by molar-refractivity contribution is 7.21. The van der Waals surface area contributed by atoms with Crippen LogP contribution >= 0.6 is 22.9 Å². The Morgan fingerprint density at radius 2 is 2.14 bits per heavy atom. The predicted octanol–water partition coefficient (Wildman–Crippen LogP) is 2.96. The number of anilines is 1. The normalized spacial score (nSPS) is 16.3. The molecule has 4 nitrogen and oxygen atoms in total. The van der Waals surface area contributed by atoms with Gasteiger partial charge in [0.25, 0.3) is 5.91 Å². The standard InChI is InChI=1S/C15H18ClN3OS/c1-19(9-5-7-18-8-6-9)15(20)14-13(17)12-10(16)3-2-4-11(12)21-14/h2-4,9,18H,5-8,17H2,1H3. The fraction of sp³-hybridized carbons (Fsp3) is 0.400. The van der Waals surface area contributed by atoms with Gasteiger partial charge in [-0.2, -0.15) is 0 Å². The highest BCUT2D eigenvalue weighted by Gasteiger charge is 2.26. The molecule has 0 atom stereocenters. The van der Waals surface area contributed by atoms with E-state index in [0.29, 0.717) is 15.6 Å². The lowest BCUT2D eigenvalue weighted by Gasteiger charge is -2.31. The van der Waals surface area contributed by atoms with Crippen molar-refractivity contribution in [2.24, 2.45) is 0 Å². The zero-order valence-electron chi connectivity index (χ0n) is 11.9. The Kier molecular flexibility index (Phi) is 4.06. The third-order valence-corrected chi connectivity index (χ3v) is 5.55. The number of piperidine rings is 1. The van der Waals surface area contributed by atoms with E-state index in [1.54, 1.807) is 6.07 Å². The minimum Gasteiger partial charge on any atom is -0.397 e. The number of thiophene rings is 1. The van der Waals surface area contributed by atoms with E-state index in [0.717, 1.165) is 36.0 Å². The number of hydrogen-bond donors (Lipinski definition) is 2. The Morgan fingerprint density at radius 1 is 1.43 bits per heavy atom. The molecule has 1 fully saturated rings. The molecule has 0 aliphatic carbocycles. The third-order valence-electron chi connectivity index (χ3n) is 4.07. The van der Waals surface area contributed by atoms with E-state index in [1.807, 2.05) is 24.1 Å². The van der Waals surface area contributed by atoms with Crippen LogP contribution < -0.4 is 11.1 Å². The number of nitrogens with one attached hydrogen (secondary N) is 1. The van der Waals surface area contributed by atoms with Gasteiger partial charge >= 0.3 is 0 Å². The molecule has 0 spiro atoms. The number of fused-ring (bicyclic) bond motifs is 1. The van der Waals surface area contributed by atoms with Gasteiger partial charge in [0.15, 0.2) is 0 Å². The molecule has 3 N–H and O–H groups in total. The lowest BCUT2D eigenvalue weighted by atomic mass is 10.1. The Labute approximate surface area is 132 Å². The van der Waals surface area contributed by atoms with E-state index in [-0.39, 0.29) is 11.9 Å². The highest BCUT2D eigenvalue weighted by Crippen LogP contribution is 2.38. The zero-order valence-corrected chi connectivity index (χ0v) is 13.4. The molecule has 6 heteroatoms. The molecular formula is C15H18ClN3OS. The van der Waals surface area contributed by atoms with E-state index in [1.165, 1.54) is 11.3 Å². The lowest BCUT2D eigenvalue weighted by molar-refractivity contribution is 0.0709. The summed E-state index contributed by atoms with van der Waals surface area (Å²) in [6, 6.07) is 5.91. The van der Waals surface area contributed by atoms with Crippen molar-refractivity contribution >= 4 is 44.6 Å². The molecule has 1 amide bonds. The number of amides is 1. The largest absolute Gasteiger partial charge is 0.397 e. The van der Waals surface area contributed by atoms with Crippen LogP contribution in [-0.2, 0) is 0 Å². The molecule has 0 radical (unpaired) electrons. The summed E-state index contributed by atoms with van der Waals surface area (Å²) in [7, 11) is 1.86. The second-order valence-corrected chi connectivity index (χ2v) is 6.81. The number of carbonyl (C=O) groups is 1. The van der Waals surface area contributed by atoms with Crippen molar-refractivity contribution in [1.29, 1.82) is 0 Å². The van der Waals surface area contributed by atoms with Crippen LogP contribution in [0.25, 0.3) is 10.1 Å². The molecule has 112 valence electrons. The van der Waals surface area contributed by atoms with E-state index < -0.39 is 0 Å². The lowest BCUT2D eigenvalue weighted by Crippen LogP contribution is -2.43. The zero-order chi connectivity index (χ0) is 15.0. The number of benzene rings is 1. The van der Waals surface area contributed by atoms with Crippen molar-refractivity contribution < 1.29 is 4.79 Å². The van der Waals surface area contributed by atoms with Crippen molar-refractivity contribution in [2.45, 2.75) is 18.9 Å². The molecule has 0 saturated carbocycles. The van der Waals surface area contributed by atoms with Crippen molar-refractivity contribution in [1.82, 2.24) is 10.2 Å². The first-order valence-electron chi connectivity index (χ1n) is 7.04. The van der Waals surface area contributed by atoms with Gasteiger partial charge in [-0.3, -0.25) is 4.79 Å². The van der Waals surface area contributed by atoms with Gasteiger partial charge < -0.3 is 16.0 Å². The van der Waals surface area contributed by atoms with Gasteiger partial charge in [-0.25, -0.2) is 0 Å². The first kappa shape index (κ1) is 14.6. The molecule has 1 aromatic heterocycles. The highest BCUT2D eigenvalue weighted by atomic mass is 35.5. The van der Waals surface area contributed by atoms with Crippen LogP contribution in [0.15, 0.2) is 18.2 Å². The van der Waals surface area contributed by atoms with Crippen LogP contribution in [0.1, 0.15) is 22.5 Å². The summed E-state index contributed by atoms with van der Waals surface area (Å²) in [4.78, 5) is 15.2. The number of rotatable bonds is 2. The molecule has 1 aromatic carbocycles. The summed E-state index contributed by atoms with van der Waals surface area (Å²) in [6.07, 6.45) is 1.96.